The Kier molecular flexibility index (Phi) is 8.60. The average molecular weight is 549 g/mol. The molecular formula is C38H60O2. The number of carbonyl (C=O) groups excluding carboxylic acids is 1. The van der Waals surface area contributed by atoms with Gasteiger partial charge in [-0.05, 0) is 159 Å². The zero-order valence-corrected chi connectivity index (χ0v) is 27.4. The van der Waals surface area contributed by atoms with Gasteiger partial charge in [0.1, 0.15) is 6.10 Å². The predicted octanol–water partition coefficient (Wildman–Crippen LogP) is 10.5. The van der Waals surface area contributed by atoms with Gasteiger partial charge >= 0.3 is 5.97 Å². The molecule has 4 aliphatic carbocycles. The Bertz CT molecular complexity index is 1070. The second-order valence-corrected chi connectivity index (χ2v) is 16.2. The lowest BCUT2D eigenvalue weighted by Gasteiger charge is -2.61. The number of fused-ring (bicyclic) bond motifs is 5. The first kappa shape index (κ1) is 30.2. The SMILES string of the molecule is Cc1cc(C)c(C)c(C(=O)OC2CCC3(C)C(CCC4C3CCC3(C)C(C(C)CCC(C)C(C)C)CCC43)C2)c1. The summed E-state index contributed by atoms with van der Waals surface area (Å²) in [7, 11) is 0. The number of carbonyl (C=O) groups is 1. The van der Waals surface area contributed by atoms with Crippen LogP contribution in [0.25, 0.3) is 0 Å². The number of hydrogen-bond donors (Lipinski definition) is 0. The van der Waals surface area contributed by atoms with E-state index in [9.17, 15) is 4.79 Å². The molecule has 1 aromatic rings. The van der Waals surface area contributed by atoms with Gasteiger partial charge in [-0.15, -0.1) is 0 Å². The molecule has 0 radical (unpaired) electrons. The molecule has 0 amide bonds. The van der Waals surface area contributed by atoms with Gasteiger partial charge in [0.15, 0.2) is 0 Å². The number of benzene rings is 1. The Balaban J connectivity index is 1.23. The molecule has 0 spiro atoms. The van der Waals surface area contributed by atoms with E-state index in [2.05, 4.69) is 68.4 Å². The molecule has 0 bridgehead atoms. The zero-order chi connectivity index (χ0) is 29.0. The molecule has 1 aromatic carbocycles. The van der Waals surface area contributed by atoms with Gasteiger partial charge in [-0.1, -0.05) is 60.5 Å². The van der Waals surface area contributed by atoms with E-state index in [0.29, 0.717) is 16.7 Å². The van der Waals surface area contributed by atoms with Crippen LogP contribution in [0, 0.1) is 78.9 Å². The summed E-state index contributed by atoms with van der Waals surface area (Å²) in [6, 6.07) is 4.18. The lowest BCUT2D eigenvalue weighted by atomic mass is 9.44. The van der Waals surface area contributed by atoms with Crippen molar-refractivity contribution < 1.29 is 9.53 Å². The van der Waals surface area contributed by atoms with E-state index in [-0.39, 0.29) is 12.1 Å². The molecule has 4 fully saturated rings. The van der Waals surface area contributed by atoms with Crippen LogP contribution >= 0.6 is 0 Å². The zero-order valence-electron chi connectivity index (χ0n) is 27.4. The second kappa shape index (κ2) is 11.4. The van der Waals surface area contributed by atoms with Crippen LogP contribution in [-0.2, 0) is 4.74 Å². The third kappa shape index (κ3) is 5.32. The third-order valence-corrected chi connectivity index (χ3v) is 13.9. The molecule has 10 unspecified atom stereocenters. The van der Waals surface area contributed by atoms with Crippen molar-refractivity contribution in [3.63, 3.8) is 0 Å². The van der Waals surface area contributed by atoms with Crippen LogP contribution < -0.4 is 0 Å². The summed E-state index contributed by atoms with van der Waals surface area (Å²) in [5.74, 6) is 6.77. The summed E-state index contributed by atoms with van der Waals surface area (Å²) in [5.41, 5.74) is 5.15. The Hall–Kier alpha value is -1.31. The minimum Gasteiger partial charge on any atom is -0.459 e. The highest BCUT2D eigenvalue weighted by Gasteiger charge is 2.60. The van der Waals surface area contributed by atoms with Crippen LogP contribution in [0.15, 0.2) is 12.1 Å². The van der Waals surface area contributed by atoms with Gasteiger partial charge in [0.05, 0.1) is 5.56 Å². The highest BCUT2D eigenvalue weighted by Crippen LogP contribution is 2.68. The summed E-state index contributed by atoms with van der Waals surface area (Å²) >= 11 is 0. The lowest BCUT2D eigenvalue weighted by molar-refractivity contribution is -0.130. The maximum absolute atomic E-state index is 13.2. The number of rotatable bonds is 7. The van der Waals surface area contributed by atoms with Crippen molar-refractivity contribution in [2.24, 2.45) is 58.2 Å². The number of esters is 1. The Morgan fingerprint density at radius 2 is 1.57 bits per heavy atom. The van der Waals surface area contributed by atoms with Gasteiger partial charge in [0.2, 0.25) is 0 Å². The molecule has 2 nitrogen and oxygen atoms in total. The molecule has 5 rings (SSSR count). The molecular weight excluding hydrogens is 488 g/mol. The highest BCUT2D eigenvalue weighted by molar-refractivity contribution is 5.91. The topological polar surface area (TPSA) is 26.3 Å². The monoisotopic (exact) mass is 548 g/mol. The standard InChI is InChI=1S/C38H60O2/c1-23(2)25(4)10-11-26(5)33-14-15-34-31-13-12-29-22-30(16-18-37(29,8)35(31)17-19-38(33,34)9)40-36(39)32-21-24(3)20-27(6)28(32)7/h20-21,23,25-26,29-31,33-35H,10-19,22H2,1-9H3. The molecule has 2 heteroatoms. The fraction of sp³-hybridized carbons (Fsp3) is 0.816. The third-order valence-electron chi connectivity index (χ3n) is 13.9. The van der Waals surface area contributed by atoms with Crippen molar-refractivity contribution >= 4 is 5.97 Å². The van der Waals surface area contributed by atoms with Crippen LogP contribution in [0.1, 0.15) is 139 Å². The number of hydrogen-bond acceptors (Lipinski definition) is 2. The summed E-state index contributed by atoms with van der Waals surface area (Å²) < 4.78 is 6.24. The van der Waals surface area contributed by atoms with E-state index in [1.165, 1.54) is 63.4 Å². The van der Waals surface area contributed by atoms with Crippen molar-refractivity contribution in [1.82, 2.24) is 0 Å². The first-order valence-corrected chi connectivity index (χ1v) is 17.1. The molecule has 224 valence electrons. The molecule has 0 heterocycles. The maximum atomic E-state index is 13.2. The maximum Gasteiger partial charge on any atom is 0.338 e. The first-order valence-electron chi connectivity index (χ1n) is 17.1. The normalized spacial score (nSPS) is 38.8. The molecule has 4 aliphatic rings. The van der Waals surface area contributed by atoms with Crippen LogP contribution in [0.2, 0.25) is 0 Å². The van der Waals surface area contributed by atoms with E-state index >= 15 is 0 Å². The fourth-order valence-electron chi connectivity index (χ4n) is 10.8. The second-order valence-electron chi connectivity index (χ2n) is 16.2. The van der Waals surface area contributed by atoms with Gasteiger partial charge in [-0.3, -0.25) is 0 Å². The minimum atomic E-state index is -0.103. The van der Waals surface area contributed by atoms with Crippen molar-refractivity contribution in [2.75, 3.05) is 0 Å². The van der Waals surface area contributed by atoms with E-state index in [1.807, 2.05) is 6.07 Å². The Morgan fingerprint density at radius 1 is 0.875 bits per heavy atom. The van der Waals surface area contributed by atoms with E-state index in [1.54, 1.807) is 0 Å². The number of ether oxygens (including phenoxy) is 1. The molecule has 0 saturated heterocycles. The first-order chi connectivity index (χ1) is 18.8. The van der Waals surface area contributed by atoms with Crippen molar-refractivity contribution in [1.29, 1.82) is 0 Å². The molecule has 0 aromatic heterocycles. The average Bonchev–Trinajstić information content (AvgIpc) is 3.26. The molecule has 10 atom stereocenters. The summed E-state index contributed by atoms with van der Waals surface area (Å²) in [6.07, 6.45) is 14.8. The van der Waals surface area contributed by atoms with Crippen molar-refractivity contribution in [3.8, 4) is 0 Å². The van der Waals surface area contributed by atoms with Crippen molar-refractivity contribution in [2.45, 2.75) is 139 Å². The molecule has 0 N–H and O–H groups in total. The highest BCUT2D eigenvalue weighted by atomic mass is 16.5. The summed E-state index contributed by atoms with van der Waals surface area (Å²) in [5, 5.41) is 0. The van der Waals surface area contributed by atoms with Gasteiger partial charge in [0.25, 0.3) is 0 Å². The van der Waals surface area contributed by atoms with Gasteiger partial charge in [0, 0.05) is 0 Å². The fourth-order valence-corrected chi connectivity index (χ4v) is 10.8. The Labute approximate surface area is 246 Å². The molecule has 4 saturated carbocycles. The minimum absolute atomic E-state index is 0.0844. The smallest absolute Gasteiger partial charge is 0.338 e. The quantitative estimate of drug-likeness (QED) is 0.317. The Morgan fingerprint density at radius 3 is 2.30 bits per heavy atom. The van der Waals surface area contributed by atoms with Crippen molar-refractivity contribution in [3.05, 3.63) is 34.4 Å². The van der Waals surface area contributed by atoms with E-state index in [0.717, 1.165) is 71.0 Å². The summed E-state index contributed by atoms with van der Waals surface area (Å²) in [6.45, 7) is 21.4. The molecule has 0 aliphatic heterocycles. The molecule has 40 heavy (non-hydrogen) atoms. The van der Waals surface area contributed by atoms with Crippen LogP contribution in [0.5, 0.6) is 0 Å². The van der Waals surface area contributed by atoms with Gasteiger partial charge in [-0.2, -0.15) is 0 Å². The van der Waals surface area contributed by atoms with Gasteiger partial charge < -0.3 is 4.74 Å². The lowest BCUT2D eigenvalue weighted by Crippen LogP contribution is -2.54. The summed E-state index contributed by atoms with van der Waals surface area (Å²) in [4.78, 5) is 13.2. The predicted molar refractivity (Wildman–Crippen MR) is 167 cm³/mol. The van der Waals surface area contributed by atoms with E-state index < -0.39 is 0 Å². The number of aryl methyl sites for hydroxylation is 2. The van der Waals surface area contributed by atoms with E-state index in [4.69, 9.17) is 4.74 Å². The van der Waals surface area contributed by atoms with Crippen LogP contribution in [-0.4, -0.2) is 12.1 Å². The van der Waals surface area contributed by atoms with Crippen LogP contribution in [0.4, 0.5) is 0 Å². The largest absolute Gasteiger partial charge is 0.459 e. The van der Waals surface area contributed by atoms with Crippen LogP contribution in [0.3, 0.4) is 0 Å². The van der Waals surface area contributed by atoms with Gasteiger partial charge in [-0.25, -0.2) is 4.79 Å².